The van der Waals surface area contributed by atoms with Crippen molar-refractivity contribution in [2.24, 2.45) is 0 Å². The molecule has 3 nitrogen and oxygen atoms in total. The first-order valence-corrected chi connectivity index (χ1v) is 9.65. The lowest BCUT2D eigenvalue weighted by molar-refractivity contribution is 0.0598. The number of allylic oxidation sites excluding steroid dienone is 1. The summed E-state index contributed by atoms with van der Waals surface area (Å²) in [5.41, 5.74) is 2.10. The van der Waals surface area contributed by atoms with Crippen LogP contribution in [-0.2, 0) is 4.74 Å². The Morgan fingerprint density at radius 3 is 2.21 bits per heavy atom. The van der Waals surface area contributed by atoms with Gasteiger partial charge < -0.3 is 9.64 Å². The third-order valence-electron chi connectivity index (χ3n) is 4.16. The maximum atomic E-state index is 13.3. The molecule has 0 N–H and O–H groups in total. The number of methoxy groups -OCH3 is 1. The number of halogens is 2. The van der Waals surface area contributed by atoms with Gasteiger partial charge in [0.1, 0.15) is 0 Å². The van der Waals surface area contributed by atoms with Crippen LogP contribution in [0, 0.1) is 0 Å². The van der Waals surface area contributed by atoms with Gasteiger partial charge in [-0.15, -0.1) is 9.24 Å². The summed E-state index contributed by atoms with van der Waals surface area (Å²) in [6.45, 7) is 14.2. The third-order valence-corrected chi connectivity index (χ3v) is 4.64. The molecular weight excluding hydrogens is 379 g/mol. The molecule has 0 spiro atoms. The molecule has 0 radical (unpaired) electrons. The molecule has 0 aliphatic carbocycles. The maximum absolute atomic E-state index is 13.3. The number of unbranched alkanes of at least 4 members (excludes halogenated alkanes) is 1. The number of hydrogen-bond acceptors (Lipinski definition) is 3. The molecule has 156 valence electrons. The Labute approximate surface area is 170 Å². The summed E-state index contributed by atoms with van der Waals surface area (Å²) in [5.74, 6) is -3.38. The Balaban J connectivity index is 0.00000165. The van der Waals surface area contributed by atoms with Gasteiger partial charge in [-0.1, -0.05) is 45.9 Å². The largest absolute Gasteiger partial charge is 0.465 e. The standard InChI is InChI=1S/C18H22F2NO2P.C4H10/c1-7-13-8-14(16(24)9-15(13)17(22)23-6)12(3)21(5)10-11(2)18(4,19)20;1-3-4-2/h7-10H,1,3,24H2,2,4-6H3;3-4H2,1-2H3/b11-10+;. The van der Waals surface area contributed by atoms with Gasteiger partial charge in [-0.2, -0.15) is 0 Å². The van der Waals surface area contributed by atoms with E-state index in [1.807, 2.05) is 0 Å². The van der Waals surface area contributed by atoms with Crippen molar-refractivity contribution in [2.75, 3.05) is 14.2 Å². The van der Waals surface area contributed by atoms with E-state index in [4.69, 9.17) is 4.74 Å². The molecule has 0 saturated heterocycles. The molecule has 0 amide bonds. The Kier molecular flexibility index (Phi) is 10.9. The number of hydrogen-bond donors (Lipinski definition) is 0. The van der Waals surface area contributed by atoms with Gasteiger partial charge in [0.15, 0.2) is 0 Å². The normalized spacial score (nSPS) is 11.2. The molecule has 1 aromatic rings. The molecule has 0 aromatic heterocycles. The van der Waals surface area contributed by atoms with Gasteiger partial charge in [0.25, 0.3) is 5.92 Å². The summed E-state index contributed by atoms with van der Waals surface area (Å²) < 4.78 is 31.4. The quantitative estimate of drug-likeness (QED) is 0.414. The van der Waals surface area contributed by atoms with Crippen LogP contribution in [0.15, 0.2) is 37.1 Å². The number of ether oxygens (including phenoxy) is 1. The van der Waals surface area contributed by atoms with E-state index in [1.165, 1.54) is 44.1 Å². The zero-order valence-corrected chi connectivity index (χ0v) is 18.9. The van der Waals surface area contributed by atoms with Gasteiger partial charge in [-0.25, -0.2) is 13.6 Å². The second kappa shape index (κ2) is 11.8. The Morgan fingerprint density at radius 1 is 1.29 bits per heavy atom. The highest BCUT2D eigenvalue weighted by Crippen LogP contribution is 2.26. The van der Waals surface area contributed by atoms with Crippen molar-refractivity contribution in [3.63, 3.8) is 0 Å². The second-order valence-electron chi connectivity index (χ2n) is 6.48. The van der Waals surface area contributed by atoms with Crippen LogP contribution in [0.2, 0.25) is 0 Å². The average Bonchev–Trinajstić information content (AvgIpc) is 2.65. The molecule has 0 aliphatic heterocycles. The maximum Gasteiger partial charge on any atom is 0.338 e. The number of carbonyl (C=O) groups is 1. The van der Waals surface area contributed by atoms with Crippen molar-refractivity contribution in [3.8, 4) is 0 Å². The van der Waals surface area contributed by atoms with Gasteiger partial charge >= 0.3 is 5.97 Å². The Bertz CT molecular complexity index is 735. The fourth-order valence-electron chi connectivity index (χ4n) is 2.01. The molecular formula is C22H32F2NO2P. The van der Waals surface area contributed by atoms with Crippen molar-refractivity contribution in [2.45, 2.75) is 46.5 Å². The molecule has 1 atom stereocenters. The van der Waals surface area contributed by atoms with Crippen LogP contribution in [0.25, 0.3) is 11.8 Å². The van der Waals surface area contributed by atoms with Crippen molar-refractivity contribution in [3.05, 3.63) is 53.8 Å². The molecule has 28 heavy (non-hydrogen) atoms. The summed E-state index contributed by atoms with van der Waals surface area (Å²) >= 11 is 0. The van der Waals surface area contributed by atoms with E-state index >= 15 is 0 Å². The third kappa shape index (κ3) is 7.55. The van der Waals surface area contributed by atoms with Crippen LogP contribution in [0.3, 0.4) is 0 Å². The number of rotatable bonds is 7. The molecule has 1 aromatic carbocycles. The first kappa shape index (κ1) is 26.0. The van der Waals surface area contributed by atoms with E-state index in [0.29, 0.717) is 27.7 Å². The van der Waals surface area contributed by atoms with Crippen molar-refractivity contribution in [1.29, 1.82) is 0 Å². The highest BCUT2D eigenvalue weighted by atomic mass is 31.0. The first-order chi connectivity index (χ1) is 12.9. The predicted octanol–water partition coefficient (Wildman–Crippen LogP) is 5.88. The van der Waals surface area contributed by atoms with Crippen LogP contribution in [0.1, 0.15) is 62.0 Å². The number of benzene rings is 1. The summed E-state index contributed by atoms with van der Waals surface area (Å²) in [4.78, 5) is 13.3. The zero-order valence-electron chi connectivity index (χ0n) is 17.7. The van der Waals surface area contributed by atoms with Gasteiger partial charge in [-0.3, -0.25) is 0 Å². The molecule has 1 unspecified atom stereocenters. The fraction of sp³-hybridized carbons (Fsp3) is 0.409. The smallest absolute Gasteiger partial charge is 0.338 e. The van der Waals surface area contributed by atoms with Crippen molar-refractivity contribution < 1.29 is 18.3 Å². The highest BCUT2D eigenvalue weighted by molar-refractivity contribution is 7.27. The summed E-state index contributed by atoms with van der Waals surface area (Å²) in [7, 11) is 5.46. The van der Waals surface area contributed by atoms with Crippen molar-refractivity contribution >= 4 is 32.3 Å². The predicted molar refractivity (Wildman–Crippen MR) is 119 cm³/mol. The van der Waals surface area contributed by atoms with Gasteiger partial charge in [-0.05, 0) is 29.9 Å². The Morgan fingerprint density at radius 2 is 1.82 bits per heavy atom. The van der Waals surface area contributed by atoms with Gasteiger partial charge in [0.05, 0.1) is 12.7 Å². The molecule has 0 fully saturated rings. The highest BCUT2D eigenvalue weighted by Gasteiger charge is 2.24. The number of carbonyl (C=O) groups excluding carboxylic acids is 1. The topological polar surface area (TPSA) is 29.5 Å². The minimum absolute atomic E-state index is 0.0772. The monoisotopic (exact) mass is 411 g/mol. The number of nitrogens with zero attached hydrogens (tertiary/aromatic N) is 1. The molecule has 6 heteroatoms. The lowest BCUT2D eigenvalue weighted by Gasteiger charge is -2.22. The van der Waals surface area contributed by atoms with E-state index in [9.17, 15) is 13.6 Å². The van der Waals surface area contributed by atoms with Crippen LogP contribution in [-0.4, -0.2) is 30.9 Å². The van der Waals surface area contributed by atoms with E-state index in [1.54, 1.807) is 19.2 Å². The fourth-order valence-corrected chi connectivity index (χ4v) is 2.43. The number of esters is 1. The average molecular weight is 411 g/mol. The van der Waals surface area contributed by atoms with E-state index < -0.39 is 11.9 Å². The first-order valence-electron chi connectivity index (χ1n) is 9.07. The molecule has 0 saturated carbocycles. The number of alkyl halides is 2. The van der Waals surface area contributed by atoms with E-state index in [0.717, 1.165) is 6.92 Å². The van der Waals surface area contributed by atoms with Crippen LogP contribution < -0.4 is 5.30 Å². The minimum atomic E-state index is -2.90. The minimum Gasteiger partial charge on any atom is -0.465 e. The van der Waals surface area contributed by atoms with Crippen LogP contribution >= 0.6 is 9.24 Å². The van der Waals surface area contributed by atoms with E-state index in [2.05, 4.69) is 36.2 Å². The summed E-state index contributed by atoms with van der Waals surface area (Å²) in [6, 6.07) is 3.38. The van der Waals surface area contributed by atoms with Gasteiger partial charge in [0.2, 0.25) is 0 Å². The summed E-state index contributed by atoms with van der Waals surface area (Å²) in [6.07, 6.45) is 5.52. The zero-order chi connectivity index (χ0) is 22.1. The Hall–Kier alpha value is -2.00. The van der Waals surface area contributed by atoms with E-state index in [-0.39, 0.29) is 5.57 Å². The lowest BCUT2D eigenvalue weighted by atomic mass is 10.0. The lowest BCUT2D eigenvalue weighted by Crippen LogP contribution is -2.19. The molecule has 0 heterocycles. The summed E-state index contributed by atoms with van der Waals surface area (Å²) in [5, 5.41) is 0.701. The van der Waals surface area contributed by atoms with Crippen LogP contribution in [0.4, 0.5) is 8.78 Å². The SMILES string of the molecule is C=Cc1cc(C(=C)N(C)/C=C(\C)C(C)(F)F)c(P)cc1C(=O)OC.CCCC. The van der Waals surface area contributed by atoms with Crippen molar-refractivity contribution in [1.82, 2.24) is 4.90 Å². The van der Waals surface area contributed by atoms with Crippen LogP contribution in [0.5, 0.6) is 0 Å². The second-order valence-corrected chi connectivity index (χ2v) is 7.10. The van der Waals surface area contributed by atoms with Gasteiger partial charge in [0, 0.05) is 37.0 Å². The molecule has 1 rings (SSSR count). The molecule has 0 bridgehead atoms. The molecule has 0 aliphatic rings.